The largest absolute Gasteiger partial charge is 0.288 e. The summed E-state index contributed by atoms with van der Waals surface area (Å²) in [5.74, 6) is -2.41. The summed E-state index contributed by atoms with van der Waals surface area (Å²) in [4.78, 5) is 12.3. The highest BCUT2D eigenvalue weighted by Gasteiger charge is 2.20. The van der Waals surface area contributed by atoms with Crippen LogP contribution in [0.3, 0.4) is 0 Å². The lowest BCUT2D eigenvalue weighted by Crippen LogP contribution is -2.07. The van der Waals surface area contributed by atoms with E-state index in [9.17, 15) is 13.6 Å². The van der Waals surface area contributed by atoms with Crippen LogP contribution in [0, 0.1) is 11.6 Å². The van der Waals surface area contributed by atoms with Gasteiger partial charge in [-0.05, 0) is 29.0 Å². The molecule has 0 saturated carbocycles. The highest BCUT2D eigenvalue weighted by molar-refractivity contribution is 9.10. The highest BCUT2D eigenvalue weighted by Crippen LogP contribution is 2.24. The second-order valence-corrected chi connectivity index (χ2v) is 5.55. The van der Waals surface area contributed by atoms with Gasteiger partial charge in [-0.25, -0.2) is 8.78 Å². The smallest absolute Gasteiger partial charge is 0.198 e. The zero-order chi connectivity index (χ0) is 15.0. The first-order valence-corrected chi connectivity index (χ1v) is 7.03. The first-order valence-electron chi connectivity index (χ1n) is 6.24. The normalized spacial score (nSPS) is 10.8. The highest BCUT2D eigenvalue weighted by atomic mass is 79.9. The van der Waals surface area contributed by atoms with Gasteiger partial charge in [-0.15, -0.1) is 0 Å². The van der Waals surface area contributed by atoms with Crippen molar-refractivity contribution < 1.29 is 13.6 Å². The maximum Gasteiger partial charge on any atom is 0.198 e. The van der Waals surface area contributed by atoms with Crippen LogP contribution in [0.1, 0.15) is 15.9 Å². The molecule has 0 saturated heterocycles. The van der Waals surface area contributed by atoms with Crippen LogP contribution in [0.15, 0.2) is 59.1 Å². The molecule has 3 aromatic carbocycles. The molecule has 104 valence electrons. The molecule has 0 bridgehead atoms. The Morgan fingerprint density at radius 3 is 2.14 bits per heavy atom. The van der Waals surface area contributed by atoms with Crippen LogP contribution in [0.5, 0.6) is 0 Å². The van der Waals surface area contributed by atoms with E-state index in [-0.39, 0.29) is 10.0 Å². The Balaban J connectivity index is 2.12. The van der Waals surface area contributed by atoms with E-state index in [1.807, 2.05) is 24.3 Å². The van der Waals surface area contributed by atoms with E-state index in [2.05, 4.69) is 15.9 Å². The van der Waals surface area contributed by atoms with E-state index in [1.54, 1.807) is 18.2 Å². The van der Waals surface area contributed by atoms with Gasteiger partial charge in [-0.1, -0.05) is 52.3 Å². The molecule has 21 heavy (non-hydrogen) atoms. The van der Waals surface area contributed by atoms with Crippen molar-refractivity contribution in [3.8, 4) is 0 Å². The summed E-state index contributed by atoms with van der Waals surface area (Å²) in [7, 11) is 0. The van der Waals surface area contributed by atoms with Crippen LogP contribution in [-0.4, -0.2) is 5.78 Å². The molecule has 4 heteroatoms. The third-order valence-electron chi connectivity index (χ3n) is 3.25. The van der Waals surface area contributed by atoms with Crippen LogP contribution < -0.4 is 0 Å². The summed E-state index contributed by atoms with van der Waals surface area (Å²) in [5.41, 5.74) is -0.276. The van der Waals surface area contributed by atoms with E-state index in [0.29, 0.717) is 0 Å². The number of carbonyl (C=O) groups is 1. The average Bonchev–Trinajstić information content (AvgIpc) is 2.45. The number of benzene rings is 3. The lowest BCUT2D eigenvalue weighted by molar-refractivity contribution is 0.103. The van der Waals surface area contributed by atoms with E-state index < -0.39 is 23.0 Å². The number of fused-ring (bicyclic) bond motifs is 1. The molecule has 0 aliphatic heterocycles. The molecule has 0 radical (unpaired) electrons. The van der Waals surface area contributed by atoms with Crippen molar-refractivity contribution in [2.75, 3.05) is 0 Å². The summed E-state index contributed by atoms with van der Waals surface area (Å²) < 4.78 is 28.0. The van der Waals surface area contributed by atoms with Crippen LogP contribution in [-0.2, 0) is 0 Å². The first-order chi connectivity index (χ1) is 10.1. The number of hydrogen-bond donors (Lipinski definition) is 0. The van der Waals surface area contributed by atoms with Gasteiger partial charge in [0, 0.05) is 10.0 Å². The third kappa shape index (κ3) is 2.59. The molecule has 3 rings (SSSR count). The monoisotopic (exact) mass is 346 g/mol. The Morgan fingerprint density at radius 1 is 0.857 bits per heavy atom. The minimum atomic E-state index is -0.875. The van der Waals surface area contributed by atoms with Crippen molar-refractivity contribution in [3.05, 3.63) is 81.8 Å². The van der Waals surface area contributed by atoms with Gasteiger partial charge in [-0.2, -0.15) is 0 Å². The predicted molar refractivity (Wildman–Crippen MR) is 81.4 cm³/mol. The molecule has 1 nitrogen and oxygen atoms in total. The molecule has 0 N–H and O–H groups in total. The fourth-order valence-corrected chi connectivity index (χ4v) is 2.64. The zero-order valence-electron chi connectivity index (χ0n) is 10.7. The van der Waals surface area contributed by atoms with Gasteiger partial charge in [0.05, 0.1) is 5.56 Å². The summed E-state index contributed by atoms with van der Waals surface area (Å²) in [6, 6.07) is 14.6. The van der Waals surface area contributed by atoms with E-state index in [4.69, 9.17) is 0 Å². The molecule has 0 aromatic heterocycles. The van der Waals surface area contributed by atoms with Gasteiger partial charge >= 0.3 is 0 Å². The van der Waals surface area contributed by atoms with E-state index in [1.165, 1.54) is 0 Å². The van der Waals surface area contributed by atoms with Gasteiger partial charge in [0.2, 0.25) is 0 Å². The molecule has 0 amide bonds. The molecule has 0 aliphatic rings. The minimum Gasteiger partial charge on any atom is -0.288 e. The first kappa shape index (κ1) is 13.9. The van der Waals surface area contributed by atoms with Gasteiger partial charge in [0.15, 0.2) is 5.78 Å². The molecule has 0 heterocycles. The van der Waals surface area contributed by atoms with Crippen molar-refractivity contribution in [2.24, 2.45) is 0 Å². The lowest BCUT2D eigenvalue weighted by atomic mass is 9.99. The number of ketones is 1. The third-order valence-corrected chi connectivity index (χ3v) is 3.70. The van der Waals surface area contributed by atoms with Gasteiger partial charge in [-0.3, -0.25) is 4.79 Å². The quantitative estimate of drug-likeness (QED) is 0.589. The number of carbonyl (C=O) groups excluding carboxylic acids is 1. The number of halogens is 3. The maximum absolute atomic E-state index is 13.9. The fraction of sp³-hybridized carbons (Fsp3) is 0. The van der Waals surface area contributed by atoms with Gasteiger partial charge in [0.25, 0.3) is 0 Å². The summed E-state index contributed by atoms with van der Waals surface area (Å²) in [6.07, 6.45) is 0. The van der Waals surface area contributed by atoms with Crippen LogP contribution in [0.4, 0.5) is 8.78 Å². The van der Waals surface area contributed by atoms with Crippen molar-refractivity contribution >= 4 is 32.5 Å². The second kappa shape index (κ2) is 5.37. The zero-order valence-corrected chi connectivity index (χ0v) is 12.3. The Labute approximate surface area is 128 Å². The Morgan fingerprint density at radius 2 is 1.48 bits per heavy atom. The Bertz CT molecular complexity index is 835. The van der Waals surface area contributed by atoms with Crippen LogP contribution >= 0.6 is 15.9 Å². The molecule has 0 atom stereocenters. The molecule has 0 aliphatic carbocycles. The van der Waals surface area contributed by atoms with Crippen LogP contribution in [0.25, 0.3) is 10.8 Å². The predicted octanol–water partition coefficient (Wildman–Crippen LogP) is 5.11. The topological polar surface area (TPSA) is 17.1 Å². The standard InChI is InChI=1S/C17H9BrF2O/c18-13-8-14(19)16(15(20)9-13)17(21)12-6-5-10-3-1-2-4-11(10)7-12/h1-9H. The van der Waals surface area contributed by atoms with Gasteiger partial charge in [0.1, 0.15) is 11.6 Å². The maximum atomic E-state index is 13.9. The summed E-state index contributed by atoms with van der Waals surface area (Å²) in [6.45, 7) is 0. The number of hydrogen-bond acceptors (Lipinski definition) is 1. The lowest BCUT2D eigenvalue weighted by Gasteiger charge is -2.06. The molecular formula is C17H9BrF2O. The molecular weight excluding hydrogens is 338 g/mol. The number of rotatable bonds is 2. The minimum absolute atomic E-state index is 0.257. The Kier molecular flexibility index (Phi) is 3.55. The average molecular weight is 347 g/mol. The van der Waals surface area contributed by atoms with E-state index >= 15 is 0 Å². The molecule has 3 aromatic rings. The SMILES string of the molecule is O=C(c1ccc2ccccc2c1)c1c(F)cc(Br)cc1F. The van der Waals surface area contributed by atoms with Crippen molar-refractivity contribution in [2.45, 2.75) is 0 Å². The van der Waals surface area contributed by atoms with Crippen molar-refractivity contribution in [1.29, 1.82) is 0 Å². The van der Waals surface area contributed by atoms with E-state index in [0.717, 1.165) is 22.9 Å². The molecule has 0 unspecified atom stereocenters. The Hall–Kier alpha value is -2.07. The summed E-state index contributed by atoms with van der Waals surface area (Å²) in [5, 5.41) is 1.81. The second-order valence-electron chi connectivity index (χ2n) is 4.64. The van der Waals surface area contributed by atoms with Gasteiger partial charge < -0.3 is 0 Å². The van der Waals surface area contributed by atoms with Crippen molar-refractivity contribution in [3.63, 3.8) is 0 Å². The summed E-state index contributed by atoms with van der Waals surface area (Å²) >= 11 is 2.99. The van der Waals surface area contributed by atoms with Crippen molar-refractivity contribution in [1.82, 2.24) is 0 Å². The molecule has 0 spiro atoms. The fourth-order valence-electron chi connectivity index (χ4n) is 2.23. The van der Waals surface area contributed by atoms with Crippen LogP contribution in [0.2, 0.25) is 0 Å². The molecule has 0 fully saturated rings.